The van der Waals surface area contributed by atoms with Gasteiger partial charge in [0.05, 0.1) is 12.7 Å². The molecular weight excluding hydrogens is 425 g/mol. The molecule has 6 nitrogen and oxygen atoms in total. The summed E-state index contributed by atoms with van der Waals surface area (Å²) < 4.78 is 21.7. The second-order valence-corrected chi connectivity index (χ2v) is 10.8. The SMILES string of the molecule is COC(Cc1ccccc1)[C@H]1CCc2cc([C@H]3CC[C@@](N)(COP(=O)(O)O)C3)ccc2C1. The third-order valence-electron chi connectivity index (χ3n) is 7.24. The van der Waals surface area contributed by atoms with Crippen molar-refractivity contribution in [2.24, 2.45) is 11.7 Å². The maximum atomic E-state index is 11.0. The quantitative estimate of drug-likeness (QED) is 0.513. The number of phosphoric ester groups is 1. The maximum Gasteiger partial charge on any atom is 0.469 e. The Balaban J connectivity index is 1.39. The molecule has 4 atom stereocenters. The number of phosphoric acid groups is 1. The normalized spacial score (nSPS) is 26.6. The van der Waals surface area contributed by atoms with Gasteiger partial charge in [0.25, 0.3) is 0 Å². The van der Waals surface area contributed by atoms with Gasteiger partial charge in [0, 0.05) is 12.6 Å². The zero-order chi connectivity index (χ0) is 22.8. The summed E-state index contributed by atoms with van der Waals surface area (Å²) >= 11 is 0. The van der Waals surface area contributed by atoms with E-state index in [2.05, 4.69) is 42.5 Å². The molecule has 1 saturated carbocycles. The fraction of sp³-hybridized carbons (Fsp3) is 0.520. The first kappa shape index (κ1) is 23.6. The number of fused-ring (bicyclic) bond motifs is 1. The average Bonchev–Trinajstić information content (AvgIpc) is 3.18. The van der Waals surface area contributed by atoms with Crippen LogP contribution in [0.5, 0.6) is 0 Å². The molecule has 2 aliphatic carbocycles. The summed E-state index contributed by atoms with van der Waals surface area (Å²) in [6.07, 6.45) is 6.63. The second-order valence-electron chi connectivity index (χ2n) is 9.56. The Bertz CT molecular complexity index is 962. The number of rotatable bonds is 8. The lowest BCUT2D eigenvalue weighted by Crippen LogP contribution is -2.41. The molecule has 0 spiro atoms. The number of aryl methyl sites for hydroxylation is 1. The lowest BCUT2D eigenvalue weighted by atomic mass is 9.78. The number of benzene rings is 2. The Morgan fingerprint density at radius 3 is 2.66 bits per heavy atom. The van der Waals surface area contributed by atoms with Crippen molar-refractivity contribution in [2.75, 3.05) is 13.7 Å². The van der Waals surface area contributed by atoms with Crippen molar-refractivity contribution in [3.8, 4) is 0 Å². The first-order valence-corrected chi connectivity index (χ1v) is 13.0. The van der Waals surface area contributed by atoms with E-state index in [1.165, 1.54) is 22.3 Å². The average molecular weight is 460 g/mol. The summed E-state index contributed by atoms with van der Waals surface area (Å²) in [6, 6.07) is 17.3. The van der Waals surface area contributed by atoms with Crippen LogP contribution in [0.3, 0.4) is 0 Å². The van der Waals surface area contributed by atoms with Crippen molar-refractivity contribution < 1.29 is 23.6 Å². The van der Waals surface area contributed by atoms with Crippen molar-refractivity contribution in [3.05, 3.63) is 70.8 Å². The summed E-state index contributed by atoms with van der Waals surface area (Å²) in [5.41, 5.74) is 11.1. The monoisotopic (exact) mass is 459 g/mol. The Kier molecular flexibility index (Phi) is 7.21. The molecule has 0 aromatic heterocycles. The van der Waals surface area contributed by atoms with Crippen LogP contribution in [-0.4, -0.2) is 35.1 Å². The highest BCUT2D eigenvalue weighted by atomic mass is 31.2. The Hall–Kier alpha value is -1.53. The summed E-state index contributed by atoms with van der Waals surface area (Å²) in [5, 5.41) is 0. The first-order valence-electron chi connectivity index (χ1n) is 11.4. The molecule has 7 heteroatoms. The molecule has 0 amide bonds. The van der Waals surface area contributed by atoms with Crippen LogP contribution in [0.4, 0.5) is 0 Å². The fourth-order valence-electron chi connectivity index (χ4n) is 5.45. The molecule has 2 aliphatic rings. The number of hydrogen-bond donors (Lipinski definition) is 3. The van der Waals surface area contributed by atoms with E-state index >= 15 is 0 Å². The fourth-order valence-corrected chi connectivity index (χ4v) is 5.87. The Morgan fingerprint density at radius 1 is 1.16 bits per heavy atom. The highest BCUT2D eigenvalue weighted by molar-refractivity contribution is 7.46. The molecule has 32 heavy (non-hydrogen) atoms. The molecule has 4 N–H and O–H groups in total. The lowest BCUT2D eigenvalue weighted by molar-refractivity contribution is 0.0466. The highest BCUT2D eigenvalue weighted by Crippen LogP contribution is 2.44. The molecule has 174 valence electrons. The van der Waals surface area contributed by atoms with Gasteiger partial charge < -0.3 is 20.3 Å². The molecule has 4 rings (SSSR count). The van der Waals surface area contributed by atoms with E-state index in [9.17, 15) is 4.57 Å². The standard InChI is InChI=1S/C25H34NO5P/c1-30-24(13-18-5-3-2-4-6-18)22-10-9-19-14-21(8-7-20(19)15-22)23-11-12-25(26,16-23)17-31-32(27,28)29/h2-8,14,22-24H,9-13,15-17,26H2,1H3,(H2,27,28,29)/t22-,23-,24?,25-/m0/s1. The topological polar surface area (TPSA) is 102 Å². The molecule has 2 aromatic carbocycles. The maximum absolute atomic E-state index is 11.0. The molecule has 0 bridgehead atoms. The molecule has 2 aromatic rings. The van der Waals surface area contributed by atoms with Gasteiger partial charge in [-0.25, -0.2) is 4.57 Å². The Labute approximate surface area is 190 Å². The van der Waals surface area contributed by atoms with Crippen molar-refractivity contribution >= 4 is 7.82 Å². The first-order chi connectivity index (χ1) is 15.2. The molecule has 0 saturated heterocycles. The van der Waals surface area contributed by atoms with E-state index in [1.54, 1.807) is 0 Å². The largest absolute Gasteiger partial charge is 0.469 e. The van der Waals surface area contributed by atoms with Crippen LogP contribution in [0, 0.1) is 5.92 Å². The van der Waals surface area contributed by atoms with E-state index < -0.39 is 13.4 Å². The van der Waals surface area contributed by atoms with Gasteiger partial charge in [-0.2, -0.15) is 0 Å². The van der Waals surface area contributed by atoms with Gasteiger partial charge in [-0.15, -0.1) is 0 Å². The number of hydrogen-bond acceptors (Lipinski definition) is 4. The van der Waals surface area contributed by atoms with E-state index in [0.29, 0.717) is 24.7 Å². The number of nitrogens with two attached hydrogens (primary N) is 1. The van der Waals surface area contributed by atoms with Crippen LogP contribution in [-0.2, 0) is 33.1 Å². The summed E-state index contributed by atoms with van der Waals surface area (Å²) in [4.78, 5) is 18.0. The van der Waals surface area contributed by atoms with Crippen LogP contribution < -0.4 is 5.73 Å². The van der Waals surface area contributed by atoms with Gasteiger partial charge in [-0.1, -0.05) is 48.5 Å². The molecule has 0 aliphatic heterocycles. The van der Waals surface area contributed by atoms with Crippen LogP contribution in [0.2, 0.25) is 0 Å². The Morgan fingerprint density at radius 2 is 1.94 bits per heavy atom. The summed E-state index contributed by atoms with van der Waals surface area (Å²) in [6.45, 7) is -0.111. The van der Waals surface area contributed by atoms with Crippen LogP contribution in [0.25, 0.3) is 0 Å². The number of methoxy groups -OCH3 is 1. The third kappa shape index (κ3) is 5.88. The zero-order valence-electron chi connectivity index (χ0n) is 18.7. The van der Waals surface area contributed by atoms with Gasteiger partial charge in [0.2, 0.25) is 0 Å². The predicted octanol–water partition coefficient (Wildman–Crippen LogP) is 4.12. The van der Waals surface area contributed by atoms with Crippen molar-refractivity contribution in [3.63, 3.8) is 0 Å². The predicted molar refractivity (Wildman–Crippen MR) is 124 cm³/mol. The van der Waals surface area contributed by atoms with Crippen molar-refractivity contribution in [1.29, 1.82) is 0 Å². The van der Waals surface area contributed by atoms with E-state index in [1.807, 2.05) is 13.2 Å². The number of ether oxygens (including phenoxy) is 1. The van der Waals surface area contributed by atoms with Crippen molar-refractivity contribution in [1.82, 2.24) is 0 Å². The second kappa shape index (κ2) is 9.76. The smallest absolute Gasteiger partial charge is 0.381 e. The minimum atomic E-state index is -4.50. The third-order valence-corrected chi connectivity index (χ3v) is 7.71. The summed E-state index contributed by atoms with van der Waals surface area (Å²) in [5.74, 6) is 0.805. The minimum absolute atomic E-state index is 0.111. The van der Waals surface area contributed by atoms with Crippen molar-refractivity contribution in [2.45, 2.75) is 62.5 Å². The van der Waals surface area contributed by atoms with Gasteiger partial charge in [0.15, 0.2) is 0 Å². The molecule has 0 heterocycles. The molecular formula is C25H34NO5P. The van der Waals surface area contributed by atoms with Crippen LogP contribution in [0.15, 0.2) is 48.5 Å². The molecule has 1 fully saturated rings. The van der Waals surface area contributed by atoms with E-state index in [0.717, 1.165) is 32.1 Å². The van der Waals surface area contributed by atoms with Gasteiger partial charge in [-0.05, 0) is 79.0 Å². The van der Waals surface area contributed by atoms with Crippen LogP contribution in [0.1, 0.15) is 53.9 Å². The van der Waals surface area contributed by atoms with E-state index in [-0.39, 0.29) is 12.7 Å². The molecule has 0 radical (unpaired) electrons. The van der Waals surface area contributed by atoms with Crippen LogP contribution >= 0.6 is 7.82 Å². The summed E-state index contributed by atoms with van der Waals surface area (Å²) in [7, 11) is -2.68. The van der Waals surface area contributed by atoms with Gasteiger partial charge in [0.1, 0.15) is 0 Å². The molecule has 1 unspecified atom stereocenters. The lowest BCUT2D eigenvalue weighted by Gasteiger charge is -2.31. The highest BCUT2D eigenvalue weighted by Gasteiger charge is 2.38. The van der Waals surface area contributed by atoms with Gasteiger partial charge >= 0.3 is 7.82 Å². The van der Waals surface area contributed by atoms with Gasteiger partial charge in [-0.3, -0.25) is 4.52 Å². The minimum Gasteiger partial charge on any atom is -0.381 e. The zero-order valence-corrected chi connectivity index (χ0v) is 19.5. The van der Waals surface area contributed by atoms with E-state index in [4.69, 9.17) is 24.8 Å².